The minimum atomic E-state index is -0.174. The van der Waals surface area contributed by atoms with Crippen LogP contribution in [0.15, 0.2) is 30.3 Å². The summed E-state index contributed by atoms with van der Waals surface area (Å²) in [6.07, 6.45) is 0.700. The third-order valence-electron chi connectivity index (χ3n) is 3.21. The molecule has 5 nitrogen and oxygen atoms in total. The normalized spacial score (nSPS) is 17.4. The van der Waals surface area contributed by atoms with E-state index in [1.54, 1.807) is 6.07 Å². The van der Waals surface area contributed by atoms with Gasteiger partial charge in [-0.25, -0.2) is 0 Å². The summed E-state index contributed by atoms with van der Waals surface area (Å²) >= 11 is 0. The Hall–Kier alpha value is -2.30. The first-order valence-electron chi connectivity index (χ1n) is 6.26. The highest BCUT2D eigenvalue weighted by Gasteiger charge is 2.26. The zero-order chi connectivity index (χ0) is 13.2. The second-order valence-electron chi connectivity index (χ2n) is 4.75. The van der Waals surface area contributed by atoms with Crippen LogP contribution in [0.1, 0.15) is 11.3 Å². The number of ether oxygens (including phenoxy) is 1. The van der Waals surface area contributed by atoms with E-state index in [0.717, 1.165) is 17.0 Å². The molecule has 0 spiro atoms. The number of carbonyl (C=O) groups excluding carboxylic acids is 1. The number of para-hydroxylation sites is 1. The van der Waals surface area contributed by atoms with Crippen LogP contribution in [-0.2, 0) is 11.2 Å². The van der Waals surface area contributed by atoms with E-state index in [-0.39, 0.29) is 11.8 Å². The van der Waals surface area contributed by atoms with Gasteiger partial charge in [-0.1, -0.05) is 18.2 Å². The molecule has 1 aromatic carbocycles. The Kier molecular flexibility index (Phi) is 2.95. The van der Waals surface area contributed by atoms with Crippen molar-refractivity contribution in [3.8, 4) is 5.75 Å². The summed E-state index contributed by atoms with van der Waals surface area (Å²) in [5.74, 6) is 1.21. The molecule has 1 amide bonds. The molecule has 0 bridgehead atoms. The van der Waals surface area contributed by atoms with Gasteiger partial charge in [0.25, 0.3) is 0 Å². The number of aromatic nitrogens is 2. The highest BCUT2D eigenvalue weighted by molar-refractivity contribution is 5.92. The molecule has 3 rings (SSSR count). The number of amides is 1. The number of benzene rings is 1. The zero-order valence-corrected chi connectivity index (χ0v) is 10.6. The number of hydrogen-bond donors (Lipinski definition) is 2. The highest BCUT2D eigenvalue weighted by atomic mass is 16.5. The summed E-state index contributed by atoms with van der Waals surface area (Å²) < 4.78 is 5.61. The van der Waals surface area contributed by atoms with Gasteiger partial charge in [0.1, 0.15) is 12.4 Å². The first-order valence-corrected chi connectivity index (χ1v) is 6.26. The van der Waals surface area contributed by atoms with Gasteiger partial charge < -0.3 is 10.1 Å². The Morgan fingerprint density at radius 1 is 1.47 bits per heavy atom. The predicted molar refractivity (Wildman–Crippen MR) is 71.1 cm³/mol. The summed E-state index contributed by atoms with van der Waals surface area (Å²) in [6, 6.07) is 9.62. The van der Waals surface area contributed by atoms with Crippen LogP contribution < -0.4 is 10.1 Å². The minimum Gasteiger partial charge on any atom is -0.492 e. The molecule has 2 heterocycles. The van der Waals surface area contributed by atoms with Crippen LogP contribution in [-0.4, -0.2) is 22.7 Å². The molecule has 1 atom stereocenters. The van der Waals surface area contributed by atoms with Crippen LogP contribution in [0.4, 0.5) is 5.82 Å². The Balaban J connectivity index is 1.69. The third-order valence-corrected chi connectivity index (χ3v) is 3.21. The van der Waals surface area contributed by atoms with Crippen molar-refractivity contribution in [1.82, 2.24) is 10.2 Å². The van der Waals surface area contributed by atoms with Crippen LogP contribution in [0.2, 0.25) is 0 Å². The van der Waals surface area contributed by atoms with Gasteiger partial charge in [0.05, 0.1) is 5.92 Å². The number of carbonyl (C=O) groups is 1. The van der Waals surface area contributed by atoms with Gasteiger partial charge in [0, 0.05) is 11.8 Å². The highest BCUT2D eigenvalue weighted by Crippen LogP contribution is 2.27. The van der Waals surface area contributed by atoms with E-state index < -0.39 is 0 Å². The molecular formula is C14H15N3O2. The summed E-state index contributed by atoms with van der Waals surface area (Å²) in [4.78, 5) is 12.1. The number of hydrogen-bond acceptors (Lipinski definition) is 3. The van der Waals surface area contributed by atoms with Crippen molar-refractivity contribution < 1.29 is 9.53 Å². The van der Waals surface area contributed by atoms with Crippen molar-refractivity contribution in [3.63, 3.8) is 0 Å². The van der Waals surface area contributed by atoms with Crippen molar-refractivity contribution in [1.29, 1.82) is 0 Å². The number of nitrogens with one attached hydrogen (secondary N) is 2. The molecular weight excluding hydrogens is 242 g/mol. The van der Waals surface area contributed by atoms with Gasteiger partial charge in [-0.05, 0) is 25.0 Å². The fraction of sp³-hybridized carbons (Fsp3) is 0.286. The Morgan fingerprint density at radius 3 is 3.11 bits per heavy atom. The van der Waals surface area contributed by atoms with Crippen molar-refractivity contribution in [3.05, 3.63) is 41.6 Å². The van der Waals surface area contributed by atoms with E-state index >= 15 is 0 Å². The van der Waals surface area contributed by atoms with Crippen LogP contribution in [0, 0.1) is 12.8 Å². The number of H-pyrrole nitrogens is 1. The molecule has 0 aliphatic carbocycles. The Labute approximate surface area is 111 Å². The fourth-order valence-corrected chi connectivity index (χ4v) is 2.21. The average molecular weight is 257 g/mol. The van der Waals surface area contributed by atoms with E-state index in [1.165, 1.54) is 0 Å². The SMILES string of the molecule is Cc1cc(NC(=O)C2COc3ccccc3C2)n[nH]1. The molecule has 1 aliphatic heterocycles. The number of fused-ring (bicyclic) bond motifs is 1. The van der Waals surface area contributed by atoms with Gasteiger partial charge >= 0.3 is 0 Å². The molecule has 5 heteroatoms. The first-order chi connectivity index (χ1) is 9.22. The lowest BCUT2D eigenvalue weighted by atomic mass is 9.96. The minimum absolute atomic E-state index is 0.0546. The van der Waals surface area contributed by atoms with E-state index in [1.807, 2.05) is 31.2 Å². The molecule has 1 aliphatic rings. The van der Waals surface area contributed by atoms with Crippen LogP contribution in [0.25, 0.3) is 0 Å². The maximum atomic E-state index is 12.1. The van der Waals surface area contributed by atoms with Gasteiger partial charge in [0.2, 0.25) is 5.91 Å². The Morgan fingerprint density at radius 2 is 2.32 bits per heavy atom. The number of nitrogens with zero attached hydrogens (tertiary/aromatic N) is 1. The lowest BCUT2D eigenvalue weighted by Gasteiger charge is -2.24. The summed E-state index contributed by atoms with van der Waals surface area (Å²) in [6.45, 7) is 2.30. The molecule has 0 radical (unpaired) electrons. The average Bonchev–Trinajstić information content (AvgIpc) is 2.83. The van der Waals surface area contributed by atoms with Crippen molar-refractivity contribution in [2.45, 2.75) is 13.3 Å². The third kappa shape index (κ3) is 2.45. The van der Waals surface area contributed by atoms with Crippen molar-refractivity contribution in [2.75, 3.05) is 11.9 Å². The molecule has 98 valence electrons. The number of rotatable bonds is 2. The summed E-state index contributed by atoms with van der Waals surface area (Å²) in [7, 11) is 0. The van der Waals surface area contributed by atoms with E-state index in [9.17, 15) is 4.79 Å². The molecule has 0 fully saturated rings. The van der Waals surface area contributed by atoms with E-state index in [0.29, 0.717) is 18.8 Å². The Bertz CT molecular complexity index is 606. The molecule has 2 aromatic rings. The second-order valence-corrected chi connectivity index (χ2v) is 4.75. The second kappa shape index (κ2) is 4.76. The number of anilines is 1. The van der Waals surface area contributed by atoms with Gasteiger partial charge in [0.15, 0.2) is 5.82 Å². The fourth-order valence-electron chi connectivity index (χ4n) is 2.21. The number of aromatic amines is 1. The maximum absolute atomic E-state index is 12.1. The quantitative estimate of drug-likeness (QED) is 0.863. The lowest BCUT2D eigenvalue weighted by Crippen LogP contribution is -2.32. The zero-order valence-electron chi connectivity index (χ0n) is 10.6. The largest absolute Gasteiger partial charge is 0.492 e. The topological polar surface area (TPSA) is 67.0 Å². The van der Waals surface area contributed by atoms with E-state index in [4.69, 9.17) is 4.74 Å². The first kappa shape index (κ1) is 11.8. The molecule has 1 unspecified atom stereocenters. The number of aryl methyl sites for hydroxylation is 1. The van der Waals surface area contributed by atoms with Crippen molar-refractivity contribution in [2.24, 2.45) is 5.92 Å². The van der Waals surface area contributed by atoms with Crippen LogP contribution in [0.3, 0.4) is 0 Å². The molecule has 19 heavy (non-hydrogen) atoms. The molecule has 0 saturated carbocycles. The lowest BCUT2D eigenvalue weighted by molar-refractivity contribution is -0.121. The van der Waals surface area contributed by atoms with Gasteiger partial charge in [-0.3, -0.25) is 9.89 Å². The van der Waals surface area contributed by atoms with E-state index in [2.05, 4.69) is 15.5 Å². The molecule has 1 aromatic heterocycles. The monoisotopic (exact) mass is 257 g/mol. The van der Waals surface area contributed by atoms with Crippen molar-refractivity contribution >= 4 is 11.7 Å². The summed E-state index contributed by atoms with van der Waals surface area (Å²) in [5, 5.41) is 9.60. The molecule has 0 saturated heterocycles. The predicted octanol–water partition coefficient (Wildman–Crippen LogP) is 1.91. The maximum Gasteiger partial charge on any atom is 0.232 e. The van der Waals surface area contributed by atoms with Gasteiger partial charge in [-0.15, -0.1) is 0 Å². The van der Waals surface area contributed by atoms with Gasteiger partial charge in [-0.2, -0.15) is 5.10 Å². The van der Waals surface area contributed by atoms with Crippen LogP contribution in [0.5, 0.6) is 5.75 Å². The standard InChI is InChI=1S/C14H15N3O2/c1-9-6-13(17-16-9)15-14(18)11-7-10-4-2-3-5-12(10)19-8-11/h2-6,11H,7-8H2,1H3,(H2,15,16,17,18). The smallest absolute Gasteiger partial charge is 0.232 e. The van der Waals surface area contributed by atoms with Crippen LogP contribution >= 0.6 is 0 Å². The summed E-state index contributed by atoms with van der Waals surface area (Å²) in [5.41, 5.74) is 1.99. The molecule has 2 N–H and O–H groups in total.